The second-order valence-electron chi connectivity index (χ2n) is 16.4. The number of hydrogen-bond donors (Lipinski definition) is 9. The number of hydrogen-bond acceptors (Lipinski definition) is 12. The molecule has 5 rings (SSSR count). The van der Waals surface area contributed by atoms with Gasteiger partial charge in [0.1, 0.15) is 6.61 Å². The van der Waals surface area contributed by atoms with Crippen molar-refractivity contribution in [1.82, 2.24) is 41.0 Å². The van der Waals surface area contributed by atoms with Crippen LogP contribution < -0.4 is 44.5 Å². The Morgan fingerprint density at radius 1 is 0.719 bits per heavy atom. The molecule has 4 aliphatic rings. The van der Waals surface area contributed by atoms with Crippen molar-refractivity contribution in [2.45, 2.75) is 128 Å². The number of alkyl carbamates (subject to hydrolysis) is 1. The van der Waals surface area contributed by atoms with Gasteiger partial charge >= 0.3 is 27.2 Å². The molecule has 11 N–H and O–H groups in total. The Labute approximate surface area is 353 Å². The molecule has 57 heavy (non-hydrogen) atoms. The summed E-state index contributed by atoms with van der Waals surface area (Å²) >= 11 is 0. The Balaban J connectivity index is 0.000000413. The summed E-state index contributed by atoms with van der Waals surface area (Å²) in [5, 5.41) is 43.2. The SMILES string of the molecule is CB(O)N[C@H]1CCCN(C)CC1.CB(O)N[C@H]1CCCN(CCNC(=O)OCc2ccccc2)CC1.CB(O)N[C@H]1CCCNCC1.CN1CCC[C@H]([NH3+])CC1.[Cl-]. The number of amides is 1. The molecule has 1 aromatic rings. The summed E-state index contributed by atoms with van der Waals surface area (Å²) in [4.78, 5) is 18.8. The number of carbonyl (C=O) groups excluding carboxylic acids is 1. The van der Waals surface area contributed by atoms with Crippen LogP contribution in [0, 0.1) is 0 Å². The average Bonchev–Trinajstić information content (AvgIpc) is 3.70. The van der Waals surface area contributed by atoms with Gasteiger partial charge < -0.3 is 79.0 Å². The summed E-state index contributed by atoms with van der Waals surface area (Å²) in [5.41, 5.74) is 5.05. The monoisotopic (exact) mass is 824 g/mol. The third kappa shape index (κ3) is 29.4. The summed E-state index contributed by atoms with van der Waals surface area (Å²) < 4.78 is 5.20. The fourth-order valence-corrected chi connectivity index (χ4v) is 7.56. The highest BCUT2D eigenvalue weighted by atomic mass is 35.5. The van der Waals surface area contributed by atoms with Gasteiger partial charge in [-0.1, -0.05) is 30.3 Å². The second kappa shape index (κ2) is 33.3. The fraction of sp³-hybridized carbons (Fsp3) is 0.821. The van der Waals surface area contributed by atoms with Crippen LogP contribution in [0.2, 0.25) is 20.5 Å². The number of nitrogens with zero attached hydrogens (tertiary/aromatic N) is 3. The molecular weight excluding hydrogens is 742 g/mol. The lowest BCUT2D eigenvalue weighted by Gasteiger charge is -2.20. The fourth-order valence-electron chi connectivity index (χ4n) is 7.56. The van der Waals surface area contributed by atoms with Crippen LogP contribution in [-0.2, 0) is 11.3 Å². The van der Waals surface area contributed by atoms with Crippen LogP contribution in [0.1, 0.15) is 82.6 Å². The molecule has 328 valence electrons. The van der Waals surface area contributed by atoms with Gasteiger partial charge in [-0.25, -0.2) is 4.79 Å². The Morgan fingerprint density at radius 3 is 1.86 bits per heavy atom. The lowest BCUT2D eigenvalue weighted by atomic mass is 9.86. The summed E-state index contributed by atoms with van der Waals surface area (Å²) in [6, 6.07) is 11.8. The normalized spacial score (nSPS) is 23.6. The molecule has 4 aliphatic heterocycles. The number of likely N-dealkylation sites (tertiary alicyclic amines) is 3. The Bertz CT molecular complexity index is 1090. The average molecular weight is 824 g/mol. The minimum Gasteiger partial charge on any atom is -1.00 e. The minimum absolute atomic E-state index is 0. The van der Waals surface area contributed by atoms with Crippen LogP contribution >= 0.6 is 0 Å². The van der Waals surface area contributed by atoms with Crippen molar-refractivity contribution in [3.05, 3.63) is 35.9 Å². The van der Waals surface area contributed by atoms with Gasteiger partial charge in [-0.15, -0.1) is 0 Å². The molecule has 0 unspecified atom stereocenters. The van der Waals surface area contributed by atoms with Crippen LogP contribution in [0.4, 0.5) is 4.79 Å². The molecule has 14 nitrogen and oxygen atoms in total. The van der Waals surface area contributed by atoms with Gasteiger partial charge in [0.2, 0.25) is 0 Å². The summed E-state index contributed by atoms with van der Waals surface area (Å²) in [6.45, 7) is 16.1. The third-order valence-corrected chi connectivity index (χ3v) is 10.8. The summed E-state index contributed by atoms with van der Waals surface area (Å²) in [6.07, 6.45) is 13.9. The first-order valence-electron chi connectivity index (χ1n) is 21.8. The molecule has 0 bridgehead atoms. The highest BCUT2D eigenvalue weighted by Crippen LogP contribution is 2.12. The van der Waals surface area contributed by atoms with E-state index in [1.807, 2.05) is 30.3 Å². The summed E-state index contributed by atoms with van der Waals surface area (Å²) in [7, 11) is 3.17. The van der Waals surface area contributed by atoms with Crippen LogP contribution in [0.15, 0.2) is 30.3 Å². The van der Waals surface area contributed by atoms with Crippen molar-refractivity contribution in [3.63, 3.8) is 0 Å². The highest BCUT2D eigenvalue weighted by Gasteiger charge is 2.20. The number of quaternary nitrogens is 1. The largest absolute Gasteiger partial charge is 1.00 e. The van der Waals surface area contributed by atoms with Crippen molar-refractivity contribution in [3.8, 4) is 0 Å². The molecule has 0 saturated carbocycles. The Kier molecular flexibility index (Phi) is 31.3. The van der Waals surface area contributed by atoms with Gasteiger partial charge in [-0.2, -0.15) is 0 Å². The highest BCUT2D eigenvalue weighted by molar-refractivity contribution is 6.46. The number of rotatable bonds is 11. The molecule has 0 aliphatic carbocycles. The first kappa shape index (κ1) is 53.6. The number of ether oxygens (including phenoxy) is 1. The second-order valence-corrected chi connectivity index (χ2v) is 16.4. The van der Waals surface area contributed by atoms with E-state index < -0.39 is 7.05 Å². The van der Waals surface area contributed by atoms with E-state index in [-0.39, 0.29) is 32.6 Å². The molecule has 0 spiro atoms. The van der Waals surface area contributed by atoms with Gasteiger partial charge in [0.25, 0.3) is 0 Å². The van der Waals surface area contributed by atoms with Gasteiger partial charge in [0.05, 0.1) is 6.04 Å². The van der Waals surface area contributed by atoms with Crippen molar-refractivity contribution in [2.75, 3.05) is 79.5 Å². The van der Waals surface area contributed by atoms with Gasteiger partial charge in [-0.05, 0) is 168 Å². The molecular formula is C39H81B3ClN9O5. The first-order valence-corrected chi connectivity index (χ1v) is 21.8. The van der Waals surface area contributed by atoms with E-state index >= 15 is 0 Å². The third-order valence-electron chi connectivity index (χ3n) is 10.8. The number of carbonyl (C=O) groups is 1. The van der Waals surface area contributed by atoms with Crippen LogP contribution in [0.25, 0.3) is 0 Å². The maximum absolute atomic E-state index is 11.7. The zero-order valence-corrected chi connectivity index (χ0v) is 37.0. The number of benzene rings is 1. The molecule has 18 heteroatoms. The van der Waals surface area contributed by atoms with Crippen LogP contribution in [0.3, 0.4) is 0 Å². The van der Waals surface area contributed by atoms with E-state index in [0.717, 1.165) is 83.0 Å². The number of nitrogens with one attached hydrogen (secondary N) is 5. The molecule has 4 heterocycles. The van der Waals surface area contributed by atoms with Crippen molar-refractivity contribution in [1.29, 1.82) is 0 Å². The predicted octanol–water partition coefficient (Wildman–Crippen LogP) is -1.82. The molecule has 4 saturated heterocycles. The van der Waals surface area contributed by atoms with E-state index in [1.165, 1.54) is 64.6 Å². The molecule has 4 fully saturated rings. The van der Waals surface area contributed by atoms with Crippen molar-refractivity contribution >= 4 is 27.2 Å². The molecule has 0 radical (unpaired) electrons. The molecule has 0 aromatic heterocycles. The molecule has 1 aromatic carbocycles. The van der Waals surface area contributed by atoms with Gasteiger partial charge in [0.15, 0.2) is 0 Å². The zero-order chi connectivity index (χ0) is 41.0. The van der Waals surface area contributed by atoms with E-state index in [2.05, 4.69) is 60.8 Å². The van der Waals surface area contributed by atoms with Crippen LogP contribution in [-0.4, -0.2) is 161 Å². The predicted molar refractivity (Wildman–Crippen MR) is 233 cm³/mol. The topological polar surface area (TPSA) is 184 Å². The van der Waals surface area contributed by atoms with E-state index in [9.17, 15) is 9.82 Å². The maximum Gasteiger partial charge on any atom is 0.407 e. The van der Waals surface area contributed by atoms with Crippen LogP contribution in [0.5, 0.6) is 0 Å². The van der Waals surface area contributed by atoms with Gasteiger partial charge in [0, 0.05) is 32.5 Å². The van der Waals surface area contributed by atoms with Crippen molar-refractivity contribution in [2.24, 2.45) is 0 Å². The first-order chi connectivity index (χ1) is 26.9. The number of halogens is 1. The lowest BCUT2D eigenvalue weighted by Crippen LogP contribution is -3.00. The van der Waals surface area contributed by atoms with E-state index in [4.69, 9.17) is 14.8 Å². The van der Waals surface area contributed by atoms with E-state index in [1.54, 1.807) is 20.5 Å². The zero-order valence-electron chi connectivity index (χ0n) is 36.3. The maximum atomic E-state index is 11.7. The molecule has 1 amide bonds. The van der Waals surface area contributed by atoms with E-state index in [0.29, 0.717) is 31.3 Å². The molecule has 4 atom stereocenters. The smallest absolute Gasteiger partial charge is 0.407 e. The van der Waals surface area contributed by atoms with Crippen molar-refractivity contribution < 1.29 is 42.7 Å². The Hall–Kier alpha value is -1.47. The lowest BCUT2D eigenvalue weighted by molar-refractivity contribution is -0.421. The minimum atomic E-state index is -0.456. The quantitative estimate of drug-likeness (QED) is 0.114. The summed E-state index contributed by atoms with van der Waals surface area (Å²) in [5.74, 6) is 0. The standard InChI is InChI=1S/C17H28BN3O3.C8H19BN2O.C7H17BN2O.C7H16N2.ClH/c1-18(23)20-16-8-5-11-21(12-9-16)13-10-19-17(22)24-14-15-6-3-2-4-7-15;1-9(12)10-8-4-3-6-11(2)7-5-8;1-8(11)10-7-3-2-5-9-6-4-7;1-9-5-2-3-7(8)4-6-9;/h2-4,6-7,16,20,23H,5,8-14H2,1H3,(H,19,22);8,10,12H,3-7H2,1-2H3;7,9-11H,2-6H2,1H3;7H,2-6,8H2,1H3;1H/t16-;8-;2*7-;/m0000./s1. The van der Waals surface area contributed by atoms with Gasteiger partial charge in [-0.3, -0.25) is 0 Å². The Morgan fingerprint density at radius 2 is 1.25 bits per heavy atom.